The Morgan fingerprint density at radius 2 is 1.95 bits per heavy atom. The van der Waals surface area contributed by atoms with Gasteiger partial charge in [-0.05, 0) is 60.3 Å². The molecule has 7 nitrogen and oxygen atoms in total. The smallest absolute Gasteiger partial charge is 0.304 e. The van der Waals surface area contributed by atoms with Crippen molar-refractivity contribution in [1.29, 1.82) is 0 Å². The fraction of sp³-hybridized carbons (Fsp3) is 0.346. The van der Waals surface area contributed by atoms with E-state index in [9.17, 15) is 18.0 Å². The molecule has 2 aliphatic heterocycles. The third kappa shape index (κ3) is 6.23. The van der Waals surface area contributed by atoms with Crippen molar-refractivity contribution in [3.63, 3.8) is 0 Å². The van der Waals surface area contributed by atoms with Gasteiger partial charge in [-0.25, -0.2) is 0 Å². The van der Waals surface area contributed by atoms with Crippen LogP contribution in [0, 0.1) is 0 Å². The predicted molar refractivity (Wildman–Crippen MR) is 145 cm³/mol. The molecule has 3 heterocycles. The van der Waals surface area contributed by atoms with Crippen molar-refractivity contribution >= 4 is 51.4 Å². The molecule has 5 rings (SSSR count). The van der Waals surface area contributed by atoms with Crippen LogP contribution in [0.15, 0.2) is 52.5 Å². The number of likely N-dealkylation sites (N-methyl/N-ethyl adjacent to an activating group) is 1. The molecule has 38 heavy (non-hydrogen) atoms. The lowest BCUT2D eigenvalue weighted by molar-refractivity contribution is -0.138. The normalized spacial score (nSPS) is 19.7. The molecule has 2 aliphatic rings. The number of carbonyl (C=O) groups is 1. The lowest BCUT2D eigenvalue weighted by atomic mass is 10.1. The highest BCUT2D eigenvalue weighted by molar-refractivity contribution is 8.18. The minimum atomic E-state index is -4.52. The van der Waals surface area contributed by atoms with Gasteiger partial charge in [0, 0.05) is 43.1 Å². The maximum absolute atomic E-state index is 13.5. The largest absolute Gasteiger partial charge is 0.416 e. The highest BCUT2D eigenvalue weighted by Crippen LogP contribution is 2.34. The second kappa shape index (κ2) is 11.1. The molecule has 2 aromatic carbocycles. The number of amidine groups is 1. The van der Waals surface area contributed by atoms with Gasteiger partial charge in [0.05, 0.1) is 35.3 Å². The Hall–Kier alpha value is -2.86. The number of aliphatic imine (C=N–C) groups is 1. The van der Waals surface area contributed by atoms with Gasteiger partial charge in [-0.1, -0.05) is 23.7 Å². The first-order chi connectivity index (χ1) is 18.2. The van der Waals surface area contributed by atoms with Crippen molar-refractivity contribution in [2.75, 3.05) is 46.3 Å². The molecule has 0 radical (unpaired) electrons. The van der Waals surface area contributed by atoms with E-state index in [4.69, 9.17) is 11.6 Å². The van der Waals surface area contributed by atoms with E-state index in [0.717, 1.165) is 49.7 Å². The zero-order valence-corrected chi connectivity index (χ0v) is 22.2. The number of nitrogens with one attached hydrogen (secondary N) is 1. The van der Waals surface area contributed by atoms with Gasteiger partial charge in [0.15, 0.2) is 5.17 Å². The monoisotopic (exact) mass is 562 g/mol. The van der Waals surface area contributed by atoms with Crippen molar-refractivity contribution in [2.45, 2.75) is 12.7 Å². The van der Waals surface area contributed by atoms with E-state index < -0.39 is 11.7 Å². The molecule has 0 atom stereocenters. The summed E-state index contributed by atoms with van der Waals surface area (Å²) in [6, 6.07) is 9.21. The van der Waals surface area contributed by atoms with E-state index in [-0.39, 0.29) is 23.0 Å². The number of benzene rings is 2. The lowest BCUT2D eigenvalue weighted by Crippen LogP contribution is -2.45. The number of carbonyl (C=O) groups excluding carboxylic acids is 1. The first kappa shape index (κ1) is 26.7. The average Bonchev–Trinajstić information content (AvgIpc) is 3.43. The maximum Gasteiger partial charge on any atom is 0.416 e. The van der Waals surface area contributed by atoms with Crippen LogP contribution in [0.25, 0.3) is 17.0 Å². The molecule has 1 aromatic heterocycles. The number of fused-ring (bicyclic) bond motifs is 1. The molecule has 2 fully saturated rings. The maximum atomic E-state index is 13.5. The number of thioether (sulfide) groups is 1. The molecule has 0 unspecified atom stereocenters. The first-order valence-corrected chi connectivity index (χ1v) is 13.3. The summed E-state index contributed by atoms with van der Waals surface area (Å²) in [6.45, 7) is 5.56. The second-order valence-electron chi connectivity index (χ2n) is 9.32. The van der Waals surface area contributed by atoms with Gasteiger partial charge in [-0.15, -0.1) is 0 Å². The molecular formula is C26H26ClF3N6OS. The minimum absolute atomic E-state index is 0.0288. The first-order valence-electron chi connectivity index (χ1n) is 12.1. The summed E-state index contributed by atoms with van der Waals surface area (Å²) >= 11 is 7.10. The standard InChI is InChI=1S/C26H26ClF3N6OS/c1-34-8-10-35(11-9-34)7-6-31-25-33-24(37)23(38-25)13-17-2-5-22-19(12-17)15-32-36(22)16-18-3-4-20(27)14-21(18)26(28,29)30/h2-5,12-15H,6-11,16H2,1H3,(H,31,33,37)/b23-13-. The SMILES string of the molecule is CN1CCN(CCN=C2NC(=O)/C(=C/c3ccc4c(cnn4Cc4ccc(Cl)cc4C(F)(F)F)c3)S2)CC1. The van der Waals surface area contributed by atoms with Crippen LogP contribution in [0.1, 0.15) is 16.7 Å². The van der Waals surface area contributed by atoms with Crippen molar-refractivity contribution in [2.24, 2.45) is 4.99 Å². The summed E-state index contributed by atoms with van der Waals surface area (Å²) in [5, 5.41) is 8.49. The van der Waals surface area contributed by atoms with Crippen LogP contribution >= 0.6 is 23.4 Å². The molecule has 0 saturated carbocycles. The van der Waals surface area contributed by atoms with Crippen molar-refractivity contribution < 1.29 is 18.0 Å². The van der Waals surface area contributed by atoms with Crippen LogP contribution in [0.5, 0.6) is 0 Å². The van der Waals surface area contributed by atoms with Crippen molar-refractivity contribution in [1.82, 2.24) is 24.9 Å². The highest BCUT2D eigenvalue weighted by Gasteiger charge is 2.33. The van der Waals surface area contributed by atoms with Crippen LogP contribution in [0.4, 0.5) is 13.2 Å². The van der Waals surface area contributed by atoms with E-state index in [2.05, 4.69) is 32.3 Å². The zero-order chi connectivity index (χ0) is 26.9. The Bertz CT molecular complexity index is 1410. The van der Waals surface area contributed by atoms with Crippen LogP contribution in [0.2, 0.25) is 5.02 Å². The molecule has 200 valence electrons. The molecule has 0 bridgehead atoms. The lowest BCUT2D eigenvalue weighted by Gasteiger charge is -2.31. The highest BCUT2D eigenvalue weighted by atomic mass is 35.5. The van der Waals surface area contributed by atoms with E-state index in [1.165, 1.54) is 28.6 Å². The number of halogens is 4. The quantitative estimate of drug-likeness (QED) is 0.446. The number of aromatic nitrogens is 2. The molecule has 1 amide bonds. The Labute approximate surface area is 227 Å². The molecule has 0 spiro atoms. The second-order valence-corrected chi connectivity index (χ2v) is 10.8. The van der Waals surface area contributed by atoms with Gasteiger partial charge < -0.3 is 10.2 Å². The van der Waals surface area contributed by atoms with E-state index in [1.807, 2.05) is 12.1 Å². The Morgan fingerprint density at radius 1 is 1.16 bits per heavy atom. The number of piperazine rings is 1. The molecular weight excluding hydrogens is 537 g/mol. The minimum Gasteiger partial charge on any atom is -0.304 e. The van der Waals surface area contributed by atoms with Crippen LogP contribution in [-0.4, -0.2) is 77.0 Å². The summed E-state index contributed by atoms with van der Waals surface area (Å²) in [7, 11) is 2.12. The van der Waals surface area contributed by atoms with E-state index >= 15 is 0 Å². The third-order valence-corrected chi connectivity index (χ3v) is 7.76. The van der Waals surface area contributed by atoms with Gasteiger partial charge in [-0.2, -0.15) is 18.3 Å². The fourth-order valence-corrected chi connectivity index (χ4v) is 5.47. The molecule has 0 aliphatic carbocycles. The summed E-state index contributed by atoms with van der Waals surface area (Å²) < 4.78 is 42.0. The summed E-state index contributed by atoms with van der Waals surface area (Å²) in [6.07, 6.45) is -1.14. The van der Waals surface area contributed by atoms with E-state index in [1.54, 1.807) is 18.3 Å². The van der Waals surface area contributed by atoms with Crippen LogP contribution < -0.4 is 5.32 Å². The number of hydrogen-bond donors (Lipinski definition) is 1. The predicted octanol–water partition coefficient (Wildman–Crippen LogP) is 4.56. The van der Waals surface area contributed by atoms with Crippen molar-refractivity contribution in [3.05, 3.63) is 69.2 Å². The Morgan fingerprint density at radius 3 is 2.71 bits per heavy atom. The third-order valence-electron chi connectivity index (χ3n) is 6.58. The summed E-state index contributed by atoms with van der Waals surface area (Å²) in [5.41, 5.74) is 0.776. The van der Waals surface area contributed by atoms with Crippen LogP contribution in [0.3, 0.4) is 0 Å². The average molecular weight is 563 g/mol. The number of rotatable bonds is 6. The zero-order valence-electron chi connectivity index (χ0n) is 20.6. The summed E-state index contributed by atoms with van der Waals surface area (Å²) in [5.74, 6) is -0.202. The summed E-state index contributed by atoms with van der Waals surface area (Å²) in [4.78, 5) is 22.2. The van der Waals surface area contributed by atoms with Gasteiger partial charge in [0.2, 0.25) is 0 Å². The fourth-order valence-electron chi connectivity index (χ4n) is 4.45. The Kier molecular flexibility index (Phi) is 7.80. The number of amides is 1. The number of alkyl halides is 3. The van der Waals surface area contributed by atoms with Gasteiger partial charge in [0.25, 0.3) is 5.91 Å². The van der Waals surface area contributed by atoms with Gasteiger partial charge in [-0.3, -0.25) is 19.4 Å². The molecule has 12 heteroatoms. The molecule has 1 N–H and O–H groups in total. The van der Waals surface area contributed by atoms with Crippen molar-refractivity contribution in [3.8, 4) is 0 Å². The number of nitrogens with zero attached hydrogens (tertiary/aromatic N) is 5. The van der Waals surface area contributed by atoms with Gasteiger partial charge in [0.1, 0.15) is 0 Å². The van der Waals surface area contributed by atoms with Crippen LogP contribution in [-0.2, 0) is 17.5 Å². The van der Waals surface area contributed by atoms with E-state index in [0.29, 0.717) is 22.1 Å². The number of hydrogen-bond acceptors (Lipinski definition) is 6. The van der Waals surface area contributed by atoms with Gasteiger partial charge >= 0.3 is 6.18 Å². The molecule has 3 aromatic rings. The Balaban J connectivity index is 1.27. The molecule has 2 saturated heterocycles. The topological polar surface area (TPSA) is 65.8 Å².